The molecule has 1 unspecified atom stereocenters. The highest BCUT2D eigenvalue weighted by molar-refractivity contribution is 9.10. The van der Waals surface area contributed by atoms with E-state index in [2.05, 4.69) is 27.3 Å². The molecular formula is C16H13BrFNOS. The molecule has 3 rings (SSSR count). The molecule has 0 saturated heterocycles. The normalized spacial score (nSPS) is 17.1. The van der Waals surface area contributed by atoms with Gasteiger partial charge in [0.1, 0.15) is 5.82 Å². The summed E-state index contributed by atoms with van der Waals surface area (Å²) in [5.74, 6) is 0.0674. The molecule has 0 fully saturated rings. The van der Waals surface area contributed by atoms with E-state index in [0.717, 1.165) is 17.7 Å². The number of thioether (sulfide) groups is 1. The highest BCUT2D eigenvalue weighted by atomic mass is 79.9. The van der Waals surface area contributed by atoms with Crippen LogP contribution in [0.15, 0.2) is 51.8 Å². The van der Waals surface area contributed by atoms with Gasteiger partial charge in [-0.3, -0.25) is 4.79 Å². The van der Waals surface area contributed by atoms with Crippen LogP contribution in [0.2, 0.25) is 0 Å². The van der Waals surface area contributed by atoms with Crippen molar-refractivity contribution in [3.63, 3.8) is 0 Å². The van der Waals surface area contributed by atoms with Crippen LogP contribution < -0.4 is 5.32 Å². The molecule has 1 amide bonds. The fourth-order valence-corrected chi connectivity index (χ4v) is 3.89. The topological polar surface area (TPSA) is 29.1 Å². The molecule has 1 aliphatic heterocycles. The van der Waals surface area contributed by atoms with E-state index < -0.39 is 5.82 Å². The Morgan fingerprint density at radius 3 is 2.95 bits per heavy atom. The minimum Gasteiger partial charge on any atom is -0.345 e. The van der Waals surface area contributed by atoms with Gasteiger partial charge in [-0.25, -0.2) is 4.39 Å². The number of fused-ring (bicyclic) bond motifs is 1. The van der Waals surface area contributed by atoms with Gasteiger partial charge >= 0.3 is 0 Å². The van der Waals surface area contributed by atoms with Crippen molar-refractivity contribution < 1.29 is 9.18 Å². The molecule has 1 atom stereocenters. The van der Waals surface area contributed by atoms with Crippen molar-refractivity contribution >= 4 is 33.6 Å². The van der Waals surface area contributed by atoms with E-state index in [1.807, 2.05) is 18.2 Å². The summed E-state index contributed by atoms with van der Waals surface area (Å²) in [4.78, 5) is 13.5. The van der Waals surface area contributed by atoms with Crippen molar-refractivity contribution in [3.8, 4) is 0 Å². The Labute approximate surface area is 135 Å². The predicted molar refractivity (Wildman–Crippen MR) is 86.1 cm³/mol. The van der Waals surface area contributed by atoms with Crippen molar-refractivity contribution in [1.82, 2.24) is 5.32 Å². The molecular weight excluding hydrogens is 353 g/mol. The molecule has 2 aromatic carbocycles. The molecule has 0 aromatic heterocycles. The maximum absolute atomic E-state index is 13.8. The molecule has 1 N–H and O–H groups in total. The number of benzene rings is 2. The molecule has 5 heteroatoms. The monoisotopic (exact) mass is 365 g/mol. The standard InChI is InChI=1S/C16H13BrFNOS/c17-10-5-6-13(18)12(9-10)16(20)19-14-7-8-21-15-4-2-1-3-11(14)15/h1-6,9,14H,7-8H2,(H,19,20). The Bertz CT molecular complexity index is 692. The van der Waals surface area contributed by atoms with Crippen LogP contribution in [-0.4, -0.2) is 11.7 Å². The van der Waals surface area contributed by atoms with Gasteiger partial charge in [-0.05, 0) is 36.2 Å². The summed E-state index contributed by atoms with van der Waals surface area (Å²) in [6.45, 7) is 0. The zero-order chi connectivity index (χ0) is 14.8. The molecule has 2 aromatic rings. The molecule has 0 spiro atoms. The lowest BCUT2D eigenvalue weighted by molar-refractivity contribution is 0.0931. The Hall–Kier alpha value is -1.33. The zero-order valence-corrected chi connectivity index (χ0v) is 13.5. The Balaban J connectivity index is 1.84. The van der Waals surface area contributed by atoms with Gasteiger partial charge in [-0.2, -0.15) is 0 Å². The van der Waals surface area contributed by atoms with Gasteiger partial charge in [0.15, 0.2) is 0 Å². The second-order valence-electron chi connectivity index (χ2n) is 4.83. The number of hydrogen-bond donors (Lipinski definition) is 1. The molecule has 0 aliphatic carbocycles. The quantitative estimate of drug-likeness (QED) is 0.845. The number of nitrogens with one attached hydrogen (secondary N) is 1. The number of hydrogen-bond acceptors (Lipinski definition) is 2. The molecule has 2 nitrogen and oxygen atoms in total. The molecule has 21 heavy (non-hydrogen) atoms. The first-order valence-corrected chi connectivity index (χ1v) is 8.40. The van der Waals surface area contributed by atoms with Gasteiger partial charge in [0, 0.05) is 15.1 Å². The van der Waals surface area contributed by atoms with Crippen LogP contribution in [0.4, 0.5) is 4.39 Å². The van der Waals surface area contributed by atoms with Crippen molar-refractivity contribution in [2.45, 2.75) is 17.4 Å². The van der Waals surface area contributed by atoms with Crippen LogP contribution in [0.1, 0.15) is 28.4 Å². The average molecular weight is 366 g/mol. The minimum atomic E-state index is -0.505. The molecule has 1 heterocycles. The first-order chi connectivity index (χ1) is 10.1. The smallest absolute Gasteiger partial charge is 0.254 e. The first-order valence-electron chi connectivity index (χ1n) is 6.63. The van der Waals surface area contributed by atoms with Gasteiger partial charge in [0.25, 0.3) is 5.91 Å². The largest absolute Gasteiger partial charge is 0.345 e. The van der Waals surface area contributed by atoms with Gasteiger partial charge in [-0.1, -0.05) is 34.1 Å². The fourth-order valence-electron chi connectivity index (χ4n) is 2.40. The highest BCUT2D eigenvalue weighted by Crippen LogP contribution is 2.36. The van der Waals surface area contributed by atoms with Crippen molar-refractivity contribution in [3.05, 3.63) is 63.9 Å². The second-order valence-corrected chi connectivity index (χ2v) is 6.88. The third kappa shape index (κ3) is 3.14. The van der Waals surface area contributed by atoms with E-state index in [9.17, 15) is 9.18 Å². The maximum atomic E-state index is 13.8. The van der Waals surface area contributed by atoms with E-state index in [1.54, 1.807) is 17.8 Å². The lowest BCUT2D eigenvalue weighted by Gasteiger charge is -2.26. The molecule has 108 valence electrons. The van der Waals surface area contributed by atoms with E-state index in [1.165, 1.54) is 17.0 Å². The van der Waals surface area contributed by atoms with E-state index >= 15 is 0 Å². The summed E-state index contributed by atoms with van der Waals surface area (Å²) in [5.41, 5.74) is 1.18. The number of carbonyl (C=O) groups is 1. The summed E-state index contributed by atoms with van der Waals surface area (Å²) < 4.78 is 14.5. The maximum Gasteiger partial charge on any atom is 0.254 e. The first kappa shape index (κ1) is 14.6. The van der Waals surface area contributed by atoms with Gasteiger partial charge in [0.2, 0.25) is 0 Å². The highest BCUT2D eigenvalue weighted by Gasteiger charge is 2.23. The van der Waals surface area contributed by atoms with Crippen molar-refractivity contribution in [2.75, 3.05) is 5.75 Å². The Morgan fingerprint density at radius 1 is 1.29 bits per heavy atom. The van der Waals surface area contributed by atoms with Gasteiger partial charge in [0.05, 0.1) is 11.6 Å². The van der Waals surface area contributed by atoms with Crippen LogP contribution in [0.25, 0.3) is 0 Å². The summed E-state index contributed by atoms with van der Waals surface area (Å²) in [6, 6.07) is 12.3. The van der Waals surface area contributed by atoms with Crippen LogP contribution >= 0.6 is 27.7 Å². The molecule has 0 radical (unpaired) electrons. The number of amides is 1. The van der Waals surface area contributed by atoms with Gasteiger partial charge < -0.3 is 5.32 Å². The Morgan fingerprint density at radius 2 is 2.10 bits per heavy atom. The summed E-state index contributed by atoms with van der Waals surface area (Å²) in [6.07, 6.45) is 0.850. The molecule has 0 bridgehead atoms. The Kier molecular flexibility index (Phi) is 4.31. The average Bonchev–Trinajstić information content (AvgIpc) is 2.50. The third-order valence-corrected chi connectivity index (χ3v) is 5.05. The van der Waals surface area contributed by atoms with Crippen LogP contribution in [0, 0.1) is 5.82 Å². The number of rotatable bonds is 2. The summed E-state index contributed by atoms with van der Waals surface area (Å²) >= 11 is 5.05. The van der Waals surface area contributed by atoms with E-state index in [-0.39, 0.29) is 17.5 Å². The predicted octanol–water partition coefficient (Wildman–Crippen LogP) is 4.56. The zero-order valence-electron chi connectivity index (χ0n) is 11.1. The fraction of sp³-hybridized carbons (Fsp3) is 0.188. The third-order valence-electron chi connectivity index (χ3n) is 3.44. The SMILES string of the molecule is O=C(NC1CCSc2ccccc21)c1cc(Br)ccc1F. The lowest BCUT2D eigenvalue weighted by Crippen LogP contribution is -2.31. The number of halogens is 2. The van der Waals surface area contributed by atoms with Crippen LogP contribution in [-0.2, 0) is 0 Å². The molecule has 0 saturated carbocycles. The number of carbonyl (C=O) groups excluding carboxylic acids is 1. The van der Waals surface area contributed by atoms with Gasteiger partial charge in [-0.15, -0.1) is 11.8 Å². The van der Waals surface area contributed by atoms with E-state index in [4.69, 9.17) is 0 Å². The second kappa shape index (κ2) is 6.20. The van der Waals surface area contributed by atoms with Crippen LogP contribution in [0.3, 0.4) is 0 Å². The minimum absolute atomic E-state index is 0.0617. The summed E-state index contributed by atoms with van der Waals surface area (Å²) in [5, 5.41) is 2.95. The van der Waals surface area contributed by atoms with Crippen molar-refractivity contribution in [2.24, 2.45) is 0 Å². The van der Waals surface area contributed by atoms with Crippen molar-refractivity contribution in [1.29, 1.82) is 0 Å². The summed E-state index contributed by atoms with van der Waals surface area (Å²) in [7, 11) is 0. The van der Waals surface area contributed by atoms with Crippen LogP contribution in [0.5, 0.6) is 0 Å². The van der Waals surface area contributed by atoms with E-state index in [0.29, 0.717) is 4.47 Å². The lowest BCUT2D eigenvalue weighted by atomic mass is 10.0. The molecule has 1 aliphatic rings.